The fraction of sp³-hybridized carbons (Fsp3) is 0.667. The maximum absolute atomic E-state index is 5.26. The van der Waals surface area contributed by atoms with Gasteiger partial charge in [-0.25, -0.2) is 0 Å². The monoisotopic (exact) mass is 168 g/mol. The van der Waals surface area contributed by atoms with Crippen LogP contribution in [0.4, 0.5) is 0 Å². The van der Waals surface area contributed by atoms with E-state index < -0.39 is 0 Å². The number of halogens is 2. The van der Waals surface area contributed by atoms with Crippen molar-refractivity contribution in [1.82, 2.24) is 0 Å². The SMILES string of the molecule is CCCCOC=C(Cl)Cl. The zero-order valence-corrected chi connectivity index (χ0v) is 6.87. The van der Waals surface area contributed by atoms with Crippen LogP contribution in [0.3, 0.4) is 0 Å². The van der Waals surface area contributed by atoms with Gasteiger partial charge < -0.3 is 4.74 Å². The van der Waals surface area contributed by atoms with Crippen LogP contribution in [0, 0.1) is 0 Å². The largest absolute Gasteiger partial charge is 0.499 e. The van der Waals surface area contributed by atoms with Crippen molar-refractivity contribution in [1.29, 1.82) is 0 Å². The van der Waals surface area contributed by atoms with E-state index in [1.807, 2.05) is 0 Å². The summed E-state index contributed by atoms with van der Waals surface area (Å²) in [4.78, 5) is 0. The van der Waals surface area contributed by atoms with Gasteiger partial charge in [-0.3, -0.25) is 0 Å². The molecular formula is C6H10Cl2O. The molecule has 0 aliphatic carbocycles. The maximum atomic E-state index is 5.26. The molecule has 0 heterocycles. The molecule has 0 rings (SSSR count). The minimum Gasteiger partial charge on any atom is -0.499 e. The minimum atomic E-state index is 0.172. The minimum absolute atomic E-state index is 0.172. The van der Waals surface area contributed by atoms with Crippen LogP contribution in [0.1, 0.15) is 19.8 Å². The molecular weight excluding hydrogens is 159 g/mol. The molecule has 0 saturated carbocycles. The molecule has 0 bridgehead atoms. The first kappa shape index (κ1) is 9.12. The summed E-state index contributed by atoms with van der Waals surface area (Å²) in [7, 11) is 0. The highest BCUT2D eigenvalue weighted by Crippen LogP contribution is 2.05. The topological polar surface area (TPSA) is 9.23 Å². The van der Waals surface area contributed by atoms with Crippen molar-refractivity contribution in [3.05, 3.63) is 10.8 Å². The predicted molar refractivity (Wildman–Crippen MR) is 40.6 cm³/mol. The summed E-state index contributed by atoms with van der Waals surface area (Å²) in [5, 5.41) is 0. The molecule has 0 aromatic carbocycles. The number of hydrogen-bond acceptors (Lipinski definition) is 1. The summed E-state index contributed by atoms with van der Waals surface area (Å²) in [5.74, 6) is 0. The van der Waals surface area contributed by atoms with Crippen LogP contribution in [0.15, 0.2) is 10.8 Å². The van der Waals surface area contributed by atoms with E-state index in [2.05, 4.69) is 6.92 Å². The molecule has 0 aliphatic heterocycles. The summed E-state index contributed by atoms with van der Waals surface area (Å²) in [6.07, 6.45) is 3.50. The van der Waals surface area contributed by atoms with Gasteiger partial charge in [0.15, 0.2) is 0 Å². The summed E-state index contributed by atoms with van der Waals surface area (Å²) < 4.78 is 5.08. The summed E-state index contributed by atoms with van der Waals surface area (Å²) in [6.45, 7) is 2.79. The van der Waals surface area contributed by atoms with Crippen molar-refractivity contribution < 1.29 is 4.74 Å². The zero-order chi connectivity index (χ0) is 7.11. The summed E-state index contributed by atoms with van der Waals surface area (Å²) in [6, 6.07) is 0. The van der Waals surface area contributed by atoms with Gasteiger partial charge in [0.1, 0.15) is 10.8 Å². The predicted octanol–water partition coefficient (Wildman–Crippen LogP) is 3.08. The Kier molecular flexibility index (Phi) is 6.33. The first-order valence-corrected chi connectivity index (χ1v) is 3.65. The van der Waals surface area contributed by atoms with Crippen LogP contribution in [0.2, 0.25) is 0 Å². The van der Waals surface area contributed by atoms with E-state index in [9.17, 15) is 0 Å². The second-order valence-electron chi connectivity index (χ2n) is 1.63. The van der Waals surface area contributed by atoms with Crippen LogP contribution in [-0.2, 0) is 4.74 Å². The van der Waals surface area contributed by atoms with Crippen LogP contribution < -0.4 is 0 Å². The highest BCUT2D eigenvalue weighted by atomic mass is 35.5. The van der Waals surface area contributed by atoms with E-state index in [-0.39, 0.29) is 4.49 Å². The third-order valence-electron chi connectivity index (χ3n) is 0.788. The molecule has 0 spiro atoms. The second kappa shape index (κ2) is 6.24. The number of rotatable bonds is 4. The van der Waals surface area contributed by atoms with Crippen molar-refractivity contribution in [3.8, 4) is 0 Å². The standard InChI is InChI=1S/C6H10Cl2O/c1-2-3-4-9-5-6(7)8/h5H,2-4H2,1H3. The van der Waals surface area contributed by atoms with Crippen molar-refractivity contribution in [3.63, 3.8) is 0 Å². The fourth-order valence-electron chi connectivity index (χ4n) is 0.350. The third kappa shape index (κ3) is 8.12. The second-order valence-corrected chi connectivity index (χ2v) is 2.64. The molecule has 0 amide bonds. The van der Waals surface area contributed by atoms with Gasteiger partial charge in [0.2, 0.25) is 0 Å². The highest BCUT2D eigenvalue weighted by molar-refractivity contribution is 6.55. The molecule has 0 saturated heterocycles. The van der Waals surface area contributed by atoms with Gasteiger partial charge in [-0.15, -0.1) is 0 Å². The Morgan fingerprint density at radius 3 is 2.67 bits per heavy atom. The normalized spacial score (nSPS) is 8.78. The fourth-order valence-corrected chi connectivity index (χ4v) is 0.476. The first-order valence-electron chi connectivity index (χ1n) is 2.90. The third-order valence-corrected chi connectivity index (χ3v) is 0.966. The van der Waals surface area contributed by atoms with Gasteiger partial charge in [-0.2, -0.15) is 0 Å². The zero-order valence-electron chi connectivity index (χ0n) is 5.36. The Hall–Kier alpha value is 0.120. The number of unbranched alkanes of at least 4 members (excludes halogenated alkanes) is 1. The van der Waals surface area contributed by atoms with Gasteiger partial charge >= 0.3 is 0 Å². The average molecular weight is 169 g/mol. The molecule has 0 N–H and O–H groups in total. The van der Waals surface area contributed by atoms with Crippen LogP contribution in [0.5, 0.6) is 0 Å². The Morgan fingerprint density at radius 1 is 1.56 bits per heavy atom. The Bertz CT molecular complexity index is 87.1. The average Bonchev–Trinajstić information content (AvgIpc) is 1.80. The van der Waals surface area contributed by atoms with E-state index in [0.717, 1.165) is 12.8 Å². The van der Waals surface area contributed by atoms with Gasteiger partial charge in [-0.05, 0) is 6.42 Å². The Morgan fingerprint density at radius 2 is 2.22 bits per heavy atom. The molecule has 0 aromatic rings. The molecule has 0 aromatic heterocycles. The Balaban J connectivity index is 3.00. The molecule has 0 unspecified atom stereocenters. The van der Waals surface area contributed by atoms with Crippen molar-refractivity contribution in [2.45, 2.75) is 19.8 Å². The summed E-state index contributed by atoms with van der Waals surface area (Å²) in [5.41, 5.74) is 0. The summed E-state index contributed by atoms with van der Waals surface area (Å²) >= 11 is 10.5. The molecule has 0 aliphatic rings. The van der Waals surface area contributed by atoms with E-state index in [1.165, 1.54) is 6.26 Å². The lowest BCUT2D eigenvalue weighted by Gasteiger charge is -1.95. The number of hydrogen-bond donors (Lipinski definition) is 0. The molecule has 1 nitrogen and oxygen atoms in total. The molecule has 54 valence electrons. The van der Waals surface area contributed by atoms with Crippen molar-refractivity contribution in [2.75, 3.05) is 6.61 Å². The lowest BCUT2D eigenvalue weighted by molar-refractivity contribution is 0.243. The highest BCUT2D eigenvalue weighted by Gasteiger charge is 1.83. The van der Waals surface area contributed by atoms with Crippen molar-refractivity contribution in [2.24, 2.45) is 0 Å². The first-order chi connectivity index (χ1) is 4.27. The van der Waals surface area contributed by atoms with Gasteiger partial charge in [0, 0.05) is 0 Å². The van der Waals surface area contributed by atoms with Crippen LogP contribution >= 0.6 is 23.2 Å². The Labute approximate surface area is 65.6 Å². The van der Waals surface area contributed by atoms with Crippen LogP contribution in [-0.4, -0.2) is 6.61 Å². The van der Waals surface area contributed by atoms with Crippen LogP contribution in [0.25, 0.3) is 0 Å². The van der Waals surface area contributed by atoms with Gasteiger partial charge in [0.25, 0.3) is 0 Å². The maximum Gasteiger partial charge on any atom is 0.141 e. The van der Waals surface area contributed by atoms with Gasteiger partial charge in [0.05, 0.1) is 6.61 Å². The van der Waals surface area contributed by atoms with Crippen molar-refractivity contribution >= 4 is 23.2 Å². The lowest BCUT2D eigenvalue weighted by Crippen LogP contribution is -1.84. The molecule has 9 heavy (non-hydrogen) atoms. The van der Waals surface area contributed by atoms with E-state index in [0.29, 0.717) is 6.61 Å². The number of ether oxygens (including phenoxy) is 1. The smallest absolute Gasteiger partial charge is 0.141 e. The van der Waals surface area contributed by atoms with E-state index in [4.69, 9.17) is 27.9 Å². The molecule has 3 heteroatoms. The molecule has 0 fully saturated rings. The quantitative estimate of drug-likeness (QED) is 0.464. The van der Waals surface area contributed by atoms with Gasteiger partial charge in [-0.1, -0.05) is 36.5 Å². The lowest BCUT2D eigenvalue weighted by atomic mass is 10.4. The van der Waals surface area contributed by atoms with E-state index >= 15 is 0 Å². The molecule has 0 atom stereocenters. The van der Waals surface area contributed by atoms with E-state index in [1.54, 1.807) is 0 Å². The molecule has 0 radical (unpaired) electrons.